The van der Waals surface area contributed by atoms with Crippen LogP contribution in [-0.4, -0.2) is 152 Å². The Hall–Kier alpha value is -10.9. The van der Waals surface area contributed by atoms with Gasteiger partial charge in [-0.05, 0) is 182 Å². The molecule has 6 aliphatic heterocycles. The lowest BCUT2D eigenvalue weighted by molar-refractivity contribution is -0.137. The molecular formula is C86H107N7O22Si2. The highest BCUT2D eigenvalue weighted by Crippen LogP contribution is 2.50. The van der Waals surface area contributed by atoms with Gasteiger partial charge in [0.1, 0.15) is 88.9 Å². The van der Waals surface area contributed by atoms with Crippen LogP contribution in [0, 0.1) is 6.92 Å². The molecule has 0 spiro atoms. The summed E-state index contributed by atoms with van der Waals surface area (Å²) in [6.45, 7) is 26.8. The number of amides is 7. The summed E-state index contributed by atoms with van der Waals surface area (Å²) in [6, 6.07) is 20.1. The van der Waals surface area contributed by atoms with Gasteiger partial charge in [-0.15, -0.1) is 0 Å². The van der Waals surface area contributed by atoms with Gasteiger partial charge in [0.2, 0.25) is 41.2 Å². The second-order valence-electron chi connectivity index (χ2n) is 32.9. The molecular weight excluding hydrogens is 1540 g/mol. The Labute approximate surface area is 683 Å². The highest BCUT2D eigenvalue weighted by Gasteiger charge is 2.49. The zero-order valence-electron chi connectivity index (χ0n) is 70.1. The van der Waals surface area contributed by atoms with Crippen LogP contribution in [0.2, 0.25) is 36.3 Å². The second-order valence-corrected chi connectivity index (χ2v) is 42.4. The first-order chi connectivity index (χ1) is 55.3. The van der Waals surface area contributed by atoms with Gasteiger partial charge in [0, 0.05) is 29.9 Å². The fourth-order valence-corrected chi connectivity index (χ4v) is 16.0. The maximum absolute atomic E-state index is 16.9. The molecule has 0 fully saturated rings. The Balaban J connectivity index is 1.19. The molecule has 13 rings (SSSR count). The summed E-state index contributed by atoms with van der Waals surface area (Å²) in [5.74, 6) is -4.28. The minimum Gasteiger partial charge on any atom is -0.497 e. The van der Waals surface area contributed by atoms with Crippen LogP contribution in [0.15, 0.2) is 121 Å². The van der Waals surface area contributed by atoms with Crippen LogP contribution >= 0.6 is 0 Å². The predicted molar refractivity (Wildman–Crippen MR) is 439 cm³/mol. The first-order valence-electron chi connectivity index (χ1n) is 38.4. The molecule has 29 nitrogen and oxygen atoms in total. The lowest BCUT2D eigenvalue weighted by Crippen LogP contribution is -2.57. The Kier molecular flexibility index (Phi) is 26.4. The van der Waals surface area contributed by atoms with E-state index in [9.17, 15) is 4.79 Å². The fourth-order valence-electron chi connectivity index (χ4n) is 13.5. The Morgan fingerprint density at radius 3 is 1.44 bits per heavy atom. The molecule has 0 saturated carbocycles. The Morgan fingerprint density at radius 2 is 0.923 bits per heavy atom. The van der Waals surface area contributed by atoms with Crippen molar-refractivity contribution in [3.63, 3.8) is 0 Å². The summed E-state index contributed by atoms with van der Waals surface area (Å²) < 4.78 is 94.9. The first kappa shape index (κ1) is 86.9. The minimum atomic E-state index is -3.11. The first-order valence-corrected chi connectivity index (χ1v) is 44.2. The number of carbonyl (C=O) groups is 7. The summed E-state index contributed by atoms with van der Waals surface area (Å²) >= 11 is 0. The van der Waals surface area contributed by atoms with Crippen LogP contribution in [0.25, 0.3) is 11.1 Å². The van der Waals surface area contributed by atoms with Gasteiger partial charge in [-0.1, -0.05) is 77.9 Å². The summed E-state index contributed by atoms with van der Waals surface area (Å²) in [5.41, 5.74) is 1.43. The van der Waals surface area contributed by atoms with E-state index < -0.39 is 128 Å². The molecule has 17 bridgehead atoms. The van der Waals surface area contributed by atoms with E-state index in [2.05, 4.69) is 37.2 Å². The molecule has 7 N–H and O–H groups in total. The van der Waals surface area contributed by atoms with E-state index in [0.29, 0.717) is 39.1 Å². The average Bonchev–Trinajstić information content (AvgIpc) is 0.687. The molecule has 0 aliphatic carbocycles. The molecule has 9 atom stereocenters. The van der Waals surface area contributed by atoms with Gasteiger partial charge in [0.25, 0.3) is 0 Å². The summed E-state index contributed by atoms with van der Waals surface area (Å²) in [6.07, 6.45) is -3.69. The van der Waals surface area contributed by atoms with Crippen molar-refractivity contribution in [2.45, 2.75) is 166 Å². The zero-order valence-corrected chi connectivity index (χ0v) is 72.1. The number of carbonyl (C=O) groups excluding carboxylic acids is 7. The third-order valence-corrected chi connectivity index (χ3v) is 30.7. The maximum atomic E-state index is 16.9. The van der Waals surface area contributed by atoms with Crippen molar-refractivity contribution in [3.8, 4) is 80.1 Å². The van der Waals surface area contributed by atoms with Gasteiger partial charge in [-0.3, -0.25) is 28.8 Å². The number of rotatable bonds is 18. The smallest absolute Gasteiger partial charge is 0.408 e. The molecule has 31 heteroatoms. The molecule has 626 valence electrons. The van der Waals surface area contributed by atoms with Crippen LogP contribution in [0.5, 0.6) is 69.0 Å². The number of hydrogen-bond acceptors (Lipinski definition) is 22. The number of benzene rings is 7. The van der Waals surface area contributed by atoms with Crippen molar-refractivity contribution >= 4 is 58.2 Å². The van der Waals surface area contributed by atoms with Crippen molar-refractivity contribution in [2.24, 2.45) is 0 Å². The van der Waals surface area contributed by atoms with Gasteiger partial charge in [0.05, 0.1) is 80.7 Å². The van der Waals surface area contributed by atoms with Crippen LogP contribution in [0.1, 0.15) is 149 Å². The van der Waals surface area contributed by atoms with Crippen molar-refractivity contribution in [2.75, 3.05) is 76.4 Å². The van der Waals surface area contributed by atoms with E-state index in [-0.39, 0.29) is 112 Å². The third-order valence-electron chi connectivity index (χ3n) is 21.8. The second kappa shape index (κ2) is 35.5. The summed E-state index contributed by atoms with van der Waals surface area (Å²) in [4.78, 5) is 113. The molecule has 6 aliphatic rings. The highest BCUT2D eigenvalue weighted by molar-refractivity contribution is 6.74. The van der Waals surface area contributed by atoms with E-state index >= 15 is 28.8 Å². The summed E-state index contributed by atoms with van der Waals surface area (Å²) in [5, 5.41) is 20.0. The predicted octanol–water partition coefficient (Wildman–Crippen LogP) is 13.5. The Bertz CT molecular complexity index is 4870. The Morgan fingerprint density at radius 1 is 0.444 bits per heavy atom. The highest BCUT2D eigenvalue weighted by atomic mass is 28.4. The van der Waals surface area contributed by atoms with Gasteiger partial charge >= 0.3 is 6.09 Å². The topological polar surface area (TPSA) is 342 Å². The summed E-state index contributed by atoms with van der Waals surface area (Å²) in [7, 11) is 4.00. The fraction of sp³-hybridized carbons (Fsp3) is 0.430. The lowest BCUT2D eigenvalue weighted by Gasteiger charge is -2.42. The van der Waals surface area contributed by atoms with Gasteiger partial charge < -0.3 is 108 Å². The largest absolute Gasteiger partial charge is 0.497 e. The van der Waals surface area contributed by atoms with Crippen LogP contribution < -0.4 is 79.8 Å². The van der Waals surface area contributed by atoms with Crippen LogP contribution in [0.4, 0.5) is 4.79 Å². The number of ether oxygens (including phenoxy) is 13. The van der Waals surface area contributed by atoms with Crippen molar-refractivity contribution in [1.82, 2.24) is 37.2 Å². The normalized spacial score (nSPS) is 20.5. The molecule has 7 aromatic carbocycles. The average molecular weight is 1650 g/mol. The van der Waals surface area contributed by atoms with Crippen LogP contribution in [-0.2, 0) is 56.6 Å². The molecule has 0 saturated heterocycles. The molecule has 0 unspecified atom stereocenters. The van der Waals surface area contributed by atoms with Gasteiger partial charge in [0.15, 0.2) is 39.6 Å². The number of nitrogens with one attached hydrogen (secondary N) is 7. The molecule has 0 aromatic heterocycles. The maximum Gasteiger partial charge on any atom is 0.408 e. The number of alkyl carbamates (subject to hydrolysis) is 1. The standard InChI is InChI=1S/C86H107N7O22Si2/c1-46-61(105-15)38-51-39-62(46)112-63-37-50(27-33-60(63)104-14)69(93-83(100)113-84(2,3)4)78(95)92-73-75(115-117(20,21)86(8,9)10)48-24-30-54(31-25-48)111-66-41-52-40-65(76(66)107-17)110-53-28-22-47(23-29-53)74(114-116(18,19)85(5,6)7)72-81(98)87-58(44-109-45-108-35-34-101-11)56-42-55(102-12)43-64(106-16)67(56)57-36-49(26-32-59(57)103-13)68(77(94)91-72)88-79(96)71(52)89-80(97)70(51)90-82(73)99/h22-33,36-43,58,68-75H,34-35,44-45H2,1-21H3,(H,87,98)(H,88,96)(H,89,97)(H,90,99)(H,91,94)(H,92,95)(H,93,100)/t58-,68-,69+,70+,71-,72+,73-,74-,75-/m1/s1. The molecule has 0 radical (unpaired) electrons. The number of hydrogen-bond donors (Lipinski definition) is 7. The molecule has 6 heterocycles. The van der Waals surface area contributed by atoms with E-state index in [0.717, 1.165) is 0 Å². The minimum absolute atomic E-state index is 0.00478. The van der Waals surface area contributed by atoms with E-state index in [1.165, 1.54) is 79.1 Å². The van der Waals surface area contributed by atoms with Crippen LogP contribution in [0.3, 0.4) is 0 Å². The number of fused-ring (bicyclic) bond motifs is 14. The monoisotopic (exact) mass is 1650 g/mol. The third kappa shape index (κ3) is 19.4. The molecule has 117 heavy (non-hydrogen) atoms. The molecule has 7 amide bonds. The van der Waals surface area contributed by atoms with E-state index in [1.807, 2.05) is 67.7 Å². The van der Waals surface area contributed by atoms with Crippen molar-refractivity contribution < 1.29 is 104 Å². The quantitative estimate of drug-likeness (QED) is 0.0238. The lowest BCUT2D eigenvalue weighted by atomic mass is 9.89. The number of methoxy groups -OCH3 is 7. The van der Waals surface area contributed by atoms with E-state index in [1.54, 1.807) is 120 Å². The molecule has 7 aromatic rings. The van der Waals surface area contributed by atoms with E-state index in [4.69, 9.17) is 70.4 Å². The van der Waals surface area contributed by atoms with Gasteiger partial charge in [-0.25, -0.2) is 4.79 Å². The zero-order chi connectivity index (χ0) is 85.0. The SMILES string of the molecule is COCCOCOC[C@H]1NC(=O)[C@H]2NC(=O)[C@H](NC(=O)[C@@H]3NC(=O)[C@H]4NC(=O)[C@H](NC(=O)[C@@H](NC(=O)OC(C)(C)C)c5ccc(OC)c(c5)Oc5cc4cc(OC)c5C)[C@H](O[Si](C)(C)C(C)(C)C)c4ccc(cc4)Oc4cc3cc(c4OC)Oc3ccc(cc3)[C@H]2O[Si](C)(C)C(C)(C)C)c2ccc(OC)c(c2)-c2c(OC)cc(OC)cc21. The van der Waals surface area contributed by atoms with Gasteiger partial charge in [-0.2, -0.15) is 0 Å². The van der Waals surface area contributed by atoms with Crippen molar-refractivity contribution in [3.05, 3.63) is 166 Å². The van der Waals surface area contributed by atoms with Crippen molar-refractivity contribution in [1.29, 1.82) is 0 Å².